The maximum absolute atomic E-state index is 12.7. The Balaban J connectivity index is 2.50. The Labute approximate surface area is 94.8 Å². The van der Waals surface area contributed by atoms with Crippen molar-refractivity contribution in [2.75, 3.05) is 6.54 Å². The van der Waals surface area contributed by atoms with Crippen LogP contribution in [0.1, 0.15) is 17.2 Å². The van der Waals surface area contributed by atoms with Crippen LogP contribution >= 0.6 is 0 Å². The first kappa shape index (κ1) is 11.9. The van der Waals surface area contributed by atoms with Gasteiger partial charge in [0.05, 0.1) is 5.69 Å². The highest BCUT2D eigenvalue weighted by Gasteiger charge is 2.39. The van der Waals surface area contributed by atoms with Crippen LogP contribution in [0, 0.1) is 0 Å². The molecule has 1 aromatic rings. The van der Waals surface area contributed by atoms with Gasteiger partial charge in [-0.25, -0.2) is 4.98 Å². The van der Waals surface area contributed by atoms with E-state index in [2.05, 4.69) is 10.3 Å². The Morgan fingerprint density at radius 1 is 1.53 bits per heavy atom. The van der Waals surface area contributed by atoms with Crippen molar-refractivity contribution in [3.8, 4) is 0 Å². The molecule has 1 amide bonds. The largest absolute Gasteiger partial charge is 0.449 e. The third-order valence-corrected chi connectivity index (χ3v) is 2.55. The van der Waals surface area contributed by atoms with Gasteiger partial charge in [0.1, 0.15) is 6.54 Å². The molecular formula is C9H11F3N4O. The summed E-state index contributed by atoms with van der Waals surface area (Å²) >= 11 is 0. The SMILES string of the molecule is NC(=O)Cn1c(C(F)(F)F)nc2c1CCNC2. The zero-order chi connectivity index (χ0) is 12.6. The lowest BCUT2D eigenvalue weighted by molar-refractivity contribution is -0.147. The summed E-state index contributed by atoms with van der Waals surface area (Å²) in [4.78, 5) is 14.4. The lowest BCUT2D eigenvalue weighted by Gasteiger charge is -2.15. The number of hydrogen-bond donors (Lipinski definition) is 2. The molecule has 8 heteroatoms. The first-order valence-corrected chi connectivity index (χ1v) is 5.04. The van der Waals surface area contributed by atoms with E-state index in [0.29, 0.717) is 24.4 Å². The molecule has 1 aliphatic rings. The molecule has 0 saturated heterocycles. The van der Waals surface area contributed by atoms with Crippen molar-refractivity contribution >= 4 is 5.91 Å². The van der Waals surface area contributed by atoms with E-state index in [4.69, 9.17) is 5.73 Å². The fraction of sp³-hybridized carbons (Fsp3) is 0.556. The molecule has 17 heavy (non-hydrogen) atoms. The molecule has 1 aromatic heterocycles. The Hall–Kier alpha value is -1.57. The molecule has 0 aliphatic carbocycles. The number of rotatable bonds is 2. The number of fused-ring (bicyclic) bond motifs is 1. The average Bonchev–Trinajstić information content (AvgIpc) is 2.56. The molecule has 0 atom stereocenters. The van der Waals surface area contributed by atoms with Gasteiger partial charge in [-0.05, 0) is 0 Å². The molecule has 5 nitrogen and oxygen atoms in total. The van der Waals surface area contributed by atoms with Gasteiger partial charge in [0, 0.05) is 25.2 Å². The molecule has 0 saturated carbocycles. The lowest BCUT2D eigenvalue weighted by atomic mass is 10.2. The molecule has 2 heterocycles. The zero-order valence-electron chi connectivity index (χ0n) is 8.84. The number of aromatic nitrogens is 2. The van der Waals surface area contributed by atoms with Crippen LogP contribution in [0.25, 0.3) is 0 Å². The summed E-state index contributed by atoms with van der Waals surface area (Å²) in [5.74, 6) is -1.86. The lowest BCUT2D eigenvalue weighted by Crippen LogP contribution is -2.28. The Morgan fingerprint density at radius 2 is 2.24 bits per heavy atom. The smallest absolute Gasteiger partial charge is 0.368 e. The van der Waals surface area contributed by atoms with Crippen LogP contribution in [0.4, 0.5) is 13.2 Å². The summed E-state index contributed by atoms with van der Waals surface area (Å²) < 4.78 is 39.1. The van der Waals surface area contributed by atoms with Crippen molar-refractivity contribution in [1.82, 2.24) is 14.9 Å². The number of nitrogens with zero attached hydrogens (tertiary/aromatic N) is 2. The van der Waals surface area contributed by atoms with E-state index in [9.17, 15) is 18.0 Å². The minimum absolute atomic E-state index is 0.282. The zero-order valence-corrected chi connectivity index (χ0v) is 8.84. The van der Waals surface area contributed by atoms with Crippen molar-refractivity contribution < 1.29 is 18.0 Å². The summed E-state index contributed by atoms with van der Waals surface area (Å²) in [5, 5.41) is 2.93. The second-order valence-electron chi connectivity index (χ2n) is 3.81. The summed E-state index contributed by atoms with van der Waals surface area (Å²) in [6, 6.07) is 0. The Kier molecular flexibility index (Phi) is 2.82. The average molecular weight is 248 g/mol. The highest BCUT2D eigenvalue weighted by Crippen LogP contribution is 2.31. The van der Waals surface area contributed by atoms with Crippen molar-refractivity contribution in [2.45, 2.75) is 25.7 Å². The van der Waals surface area contributed by atoms with E-state index >= 15 is 0 Å². The molecule has 94 valence electrons. The van der Waals surface area contributed by atoms with Gasteiger partial charge >= 0.3 is 6.18 Å². The Bertz CT molecular complexity index is 452. The number of carbonyl (C=O) groups excluding carboxylic acids is 1. The van der Waals surface area contributed by atoms with E-state index in [1.165, 1.54) is 0 Å². The summed E-state index contributed by atoms with van der Waals surface area (Å²) in [7, 11) is 0. The molecule has 0 aromatic carbocycles. The highest BCUT2D eigenvalue weighted by molar-refractivity contribution is 5.73. The molecule has 0 unspecified atom stereocenters. The minimum Gasteiger partial charge on any atom is -0.368 e. The van der Waals surface area contributed by atoms with E-state index in [0.717, 1.165) is 4.57 Å². The maximum atomic E-state index is 12.7. The summed E-state index contributed by atoms with van der Waals surface area (Å²) in [6.07, 6.45) is -4.17. The summed E-state index contributed by atoms with van der Waals surface area (Å²) in [6.45, 7) is 0.357. The van der Waals surface area contributed by atoms with Crippen LogP contribution in [0.2, 0.25) is 0 Å². The molecule has 0 fully saturated rings. The number of nitrogens with one attached hydrogen (secondary N) is 1. The fourth-order valence-electron chi connectivity index (χ4n) is 1.91. The fourth-order valence-corrected chi connectivity index (χ4v) is 1.91. The van der Waals surface area contributed by atoms with E-state index in [-0.39, 0.29) is 6.54 Å². The van der Waals surface area contributed by atoms with Gasteiger partial charge in [0.2, 0.25) is 11.7 Å². The number of imidazole rings is 1. The Morgan fingerprint density at radius 3 is 2.82 bits per heavy atom. The predicted octanol–water partition coefficient (Wildman–Crippen LogP) is 0.0329. The number of halogens is 3. The number of alkyl halides is 3. The van der Waals surface area contributed by atoms with Crippen LogP contribution in [0.15, 0.2) is 0 Å². The monoisotopic (exact) mass is 248 g/mol. The first-order valence-electron chi connectivity index (χ1n) is 5.04. The van der Waals surface area contributed by atoms with Crippen LogP contribution in [0.3, 0.4) is 0 Å². The van der Waals surface area contributed by atoms with Gasteiger partial charge in [-0.1, -0.05) is 0 Å². The number of carbonyl (C=O) groups is 1. The van der Waals surface area contributed by atoms with Gasteiger partial charge in [-0.15, -0.1) is 0 Å². The molecule has 3 N–H and O–H groups in total. The van der Waals surface area contributed by atoms with Gasteiger partial charge < -0.3 is 15.6 Å². The second-order valence-corrected chi connectivity index (χ2v) is 3.81. The minimum atomic E-state index is -4.58. The standard InChI is InChI=1S/C9H11F3N4O/c10-9(11,12)8-15-5-3-14-2-1-6(5)16(8)4-7(13)17/h14H,1-4H2,(H2,13,17). The third kappa shape index (κ3) is 2.26. The van der Waals surface area contributed by atoms with Crippen LogP contribution in [-0.2, 0) is 30.5 Å². The van der Waals surface area contributed by atoms with Gasteiger partial charge in [-0.2, -0.15) is 13.2 Å². The number of primary amides is 1. The van der Waals surface area contributed by atoms with Gasteiger partial charge in [-0.3, -0.25) is 4.79 Å². The topological polar surface area (TPSA) is 72.9 Å². The third-order valence-electron chi connectivity index (χ3n) is 2.55. The predicted molar refractivity (Wildman–Crippen MR) is 51.8 cm³/mol. The number of hydrogen-bond acceptors (Lipinski definition) is 3. The molecular weight excluding hydrogens is 237 g/mol. The van der Waals surface area contributed by atoms with E-state index in [1.807, 2.05) is 0 Å². The highest BCUT2D eigenvalue weighted by atomic mass is 19.4. The molecule has 0 bridgehead atoms. The number of amides is 1. The quantitative estimate of drug-likeness (QED) is 0.775. The molecule has 0 radical (unpaired) electrons. The van der Waals surface area contributed by atoms with Crippen molar-refractivity contribution in [3.05, 3.63) is 17.2 Å². The van der Waals surface area contributed by atoms with Crippen LogP contribution < -0.4 is 11.1 Å². The summed E-state index contributed by atoms with van der Waals surface area (Å²) in [5.41, 5.74) is 5.74. The normalized spacial score (nSPS) is 15.7. The van der Waals surface area contributed by atoms with E-state index < -0.39 is 24.5 Å². The van der Waals surface area contributed by atoms with Crippen molar-refractivity contribution in [3.63, 3.8) is 0 Å². The van der Waals surface area contributed by atoms with Gasteiger partial charge in [0.25, 0.3) is 0 Å². The van der Waals surface area contributed by atoms with E-state index in [1.54, 1.807) is 0 Å². The van der Waals surface area contributed by atoms with Crippen LogP contribution in [0.5, 0.6) is 0 Å². The van der Waals surface area contributed by atoms with Gasteiger partial charge in [0.15, 0.2) is 0 Å². The maximum Gasteiger partial charge on any atom is 0.449 e. The van der Waals surface area contributed by atoms with Crippen LogP contribution in [-0.4, -0.2) is 22.0 Å². The number of nitrogens with two attached hydrogens (primary N) is 1. The van der Waals surface area contributed by atoms with Crippen molar-refractivity contribution in [2.24, 2.45) is 5.73 Å². The molecule has 1 aliphatic heterocycles. The molecule has 0 spiro atoms. The molecule has 2 rings (SSSR count). The second kappa shape index (κ2) is 4.02. The first-order chi connectivity index (χ1) is 7.89. The van der Waals surface area contributed by atoms with Crippen molar-refractivity contribution in [1.29, 1.82) is 0 Å².